The largest absolute Gasteiger partial charge is 0.486 e. The summed E-state index contributed by atoms with van der Waals surface area (Å²) < 4.78 is 5.68. The summed E-state index contributed by atoms with van der Waals surface area (Å²) in [5.74, 6) is 0.519. The fourth-order valence-electron chi connectivity index (χ4n) is 3.31. The van der Waals surface area contributed by atoms with E-state index < -0.39 is 5.60 Å². The van der Waals surface area contributed by atoms with E-state index in [2.05, 4.69) is 15.6 Å². The van der Waals surface area contributed by atoms with E-state index in [-0.39, 0.29) is 12.6 Å². The van der Waals surface area contributed by atoms with Crippen LogP contribution in [0.1, 0.15) is 44.2 Å². The molecule has 1 aromatic heterocycles. The average molecular weight is 404 g/mol. The number of rotatable bonds is 6. The Balaban J connectivity index is 1.50. The number of ether oxygens (including phenoxy) is 1. The first-order valence-corrected chi connectivity index (χ1v) is 10.0. The summed E-state index contributed by atoms with van der Waals surface area (Å²) in [4.78, 5) is 16.4. The summed E-state index contributed by atoms with van der Waals surface area (Å²) in [5, 5.41) is 16.5. The van der Waals surface area contributed by atoms with E-state index in [1.807, 2.05) is 18.2 Å². The molecule has 0 aliphatic heterocycles. The van der Waals surface area contributed by atoms with E-state index in [0.717, 1.165) is 44.2 Å². The Morgan fingerprint density at radius 1 is 1.18 bits per heavy atom. The Labute approximate surface area is 170 Å². The zero-order valence-electron chi connectivity index (χ0n) is 15.8. The van der Waals surface area contributed by atoms with Crippen molar-refractivity contribution in [2.75, 3.05) is 11.9 Å². The second-order valence-electron chi connectivity index (χ2n) is 7.20. The van der Waals surface area contributed by atoms with Crippen molar-refractivity contribution in [2.45, 2.75) is 50.7 Å². The van der Waals surface area contributed by atoms with Gasteiger partial charge in [0.15, 0.2) is 0 Å². The number of aromatic nitrogens is 1. The van der Waals surface area contributed by atoms with Crippen LogP contribution in [0.2, 0.25) is 5.02 Å². The third-order valence-electron chi connectivity index (χ3n) is 4.90. The Morgan fingerprint density at radius 2 is 1.96 bits per heavy atom. The van der Waals surface area contributed by atoms with E-state index in [1.165, 1.54) is 0 Å². The molecule has 1 heterocycles. The minimum absolute atomic E-state index is 0.248. The zero-order chi connectivity index (χ0) is 19.8. The van der Waals surface area contributed by atoms with Gasteiger partial charge in [-0.05, 0) is 43.2 Å². The number of pyridine rings is 1. The number of aliphatic hydroxyl groups is 1. The second-order valence-corrected chi connectivity index (χ2v) is 7.61. The van der Waals surface area contributed by atoms with Gasteiger partial charge in [-0.3, -0.25) is 4.98 Å². The van der Waals surface area contributed by atoms with Crippen molar-refractivity contribution in [1.29, 1.82) is 0 Å². The van der Waals surface area contributed by atoms with Crippen LogP contribution in [0.4, 0.5) is 10.5 Å². The smallest absolute Gasteiger partial charge is 0.319 e. The van der Waals surface area contributed by atoms with Crippen LogP contribution in [0.25, 0.3) is 0 Å². The van der Waals surface area contributed by atoms with Crippen LogP contribution in [0.3, 0.4) is 0 Å². The lowest BCUT2D eigenvalue weighted by molar-refractivity contribution is 0.0281. The van der Waals surface area contributed by atoms with Gasteiger partial charge in [-0.25, -0.2) is 4.79 Å². The first-order valence-electron chi connectivity index (χ1n) is 9.64. The molecule has 7 heteroatoms. The van der Waals surface area contributed by atoms with Crippen LogP contribution in [0.15, 0.2) is 42.6 Å². The lowest BCUT2D eigenvalue weighted by Gasteiger charge is -2.26. The molecule has 28 heavy (non-hydrogen) atoms. The number of nitrogens with zero attached hydrogens (tertiary/aromatic N) is 1. The molecular weight excluding hydrogens is 378 g/mol. The minimum Gasteiger partial charge on any atom is -0.486 e. The molecule has 1 aromatic carbocycles. The summed E-state index contributed by atoms with van der Waals surface area (Å²) in [7, 11) is 0. The number of urea groups is 1. The molecule has 2 aromatic rings. The Morgan fingerprint density at radius 3 is 2.64 bits per heavy atom. The molecule has 1 aliphatic carbocycles. The third kappa shape index (κ3) is 6.11. The first kappa shape index (κ1) is 20.4. The summed E-state index contributed by atoms with van der Waals surface area (Å²) in [6, 6.07) is 10.3. The molecule has 0 spiro atoms. The molecule has 1 fully saturated rings. The van der Waals surface area contributed by atoms with E-state index in [4.69, 9.17) is 16.3 Å². The van der Waals surface area contributed by atoms with Crippen LogP contribution in [0, 0.1) is 0 Å². The fourth-order valence-corrected chi connectivity index (χ4v) is 3.55. The van der Waals surface area contributed by atoms with Crippen LogP contribution in [-0.2, 0) is 6.61 Å². The Kier molecular flexibility index (Phi) is 7.12. The van der Waals surface area contributed by atoms with Gasteiger partial charge in [-0.2, -0.15) is 0 Å². The van der Waals surface area contributed by atoms with Gasteiger partial charge < -0.3 is 20.5 Å². The Bertz CT molecular complexity index is 778. The number of halogens is 1. The van der Waals surface area contributed by atoms with Gasteiger partial charge in [-0.15, -0.1) is 0 Å². The molecule has 0 saturated heterocycles. The van der Waals surface area contributed by atoms with E-state index >= 15 is 0 Å². The highest BCUT2D eigenvalue weighted by atomic mass is 35.5. The number of nitrogens with one attached hydrogen (secondary N) is 2. The number of anilines is 1. The van der Waals surface area contributed by atoms with Crippen LogP contribution in [-0.4, -0.2) is 28.3 Å². The SMILES string of the molecule is O=C(NCC1(O)CCCCCC1)Nc1ccc(OCc2ccccn2)c(Cl)c1. The van der Waals surface area contributed by atoms with Gasteiger partial charge in [0.25, 0.3) is 0 Å². The quantitative estimate of drug-likeness (QED) is 0.619. The summed E-state index contributed by atoms with van der Waals surface area (Å²) in [5.41, 5.74) is 0.548. The molecule has 6 nitrogen and oxygen atoms in total. The molecule has 3 rings (SSSR count). The molecule has 150 valence electrons. The van der Waals surface area contributed by atoms with E-state index in [1.54, 1.807) is 24.4 Å². The van der Waals surface area contributed by atoms with Gasteiger partial charge in [0, 0.05) is 18.4 Å². The number of hydrogen-bond acceptors (Lipinski definition) is 4. The normalized spacial score (nSPS) is 16.1. The van der Waals surface area contributed by atoms with Gasteiger partial charge in [0.1, 0.15) is 12.4 Å². The molecule has 0 bridgehead atoms. The monoisotopic (exact) mass is 403 g/mol. The highest BCUT2D eigenvalue weighted by Crippen LogP contribution is 2.29. The Hall–Kier alpha value is -2.31. The van der Waals surface area contributed by atoms with Crippen LogP contribution >= 0.6 is 11.6 Å². The van der Waals surface area contributed by atoms with Crippen molar-refractivity contribution >= 4 is 23.3 Å². The zero-order valence-corrected chi connectivity index (χ0v) is 16.5. The van der Waals surface area contributed by atoms with Crippen molar-refractivity contribution < 1.29 is 14.6 Å². The average Bonchev–Trinajstić information content (AvgIpc) is 2.92. The van der Waals surface area contributed by atoms with Gasteiger partial charge in [0.2, 0.25) is 0 Å². The second kappa shape index (κ2) is 9.75. The predicted molar refractivity (Wildman–Crippen MR) is 110 cm³/mol. The molecular formula is C21H26ClN3O3. The molecule has 0 unspecified atom stereocenters. The summed E-state index contributed by atoms with van der Waals surface area (Å²) in [6.07, 6.45) is 7.43. The van der Waals surface area contributed by atoms with Crippen molar-refractivity contribution in [2.24, 2.45) is 0 Å². The number of benzene rings is 1. The third-order valence-corrected chi connectivity index (χ3v) is 5.20. The van der Waals surface area contributed by atoms with Crippen LogP contribution < -0.4 is 15.4 Å². The standard InChI is InChI=1S/C21H26ClN3O3/c22-18-13-16(8-9-19(18)28-14-17-7-3-6-12-23-17)25-20(26)24-15-21(27)10-4-1-2-5-11-21/h3,6-9,12-13,27H,1-2,4-5,10-11,14-15H2,(H2,24,25,26). The van der Waals surface area contributed by atoms with Gasteiger partial charge in [-0.1, -0.05) is 43.4 Å². The summed E-state index contributed by atoms with van der Waals surface area (Å²) in [6.45, 7) is 0.560. The topological polar surface area (TPSA) is 83.5 Å². The van der Waals surface area contributed by atoms with Crippen molar-refractivity contribution in [1.82, 2.24) is 10.3 Å². The number of hydrogen-bond donors (Lipinski definition) is 3. The molecule has 1 aliphatic rings. The van der Waals surface area contributed by atoms with Crippen molar-refractivity contribution in [3.63, 3.8) is 0 Å². The van der Waals surface area contributed by atoms with Gasteiger partial charge in [0.05, 0.1) is 16.3 Å². The maximum Gasteiger partial charge on any atom is 0.319 e. The predicted octanol–water partition coefficient (Wildman–Crippen LogP) is 4.52. The summed E-state index contributed by atoms with van der Waals surface area (Å²) >= 11 is 6.26. The number of amides is 2. The van der Waals surface area contributed by atoms with E-state index in [0.29, 0.717) is 23.1 Å². The molecule has 1 saturated carbocycles. The fraction of sp³-hybridized carbons (Fsp3) is 0.429. The number of carbonyl (C=O) groups is 1. The highest BCUT2D eigenvalue weighted by Gasteiger charge is 2.28. The van der Waals surface area contributed by atoms with Crippen molar-refractivity contribution in [3.8, 4) is 5.75 Å². The van der Waals surface area contributed by atoms with Crippen LogP contribution in [0.5, 0.6) is 5.75 Å². The first-order chi connectivity index (χ1) is 13.5. The van der Waals surface area contributed by atoms with Gasteiger partial charge >= 0.3 is 6.03 Å². The maximum atomic E-state index is 12.2. The molecule has 2 amide bonds. The molecule has 0 atom stereocenters. The van der Waals surface area contributed by atoms with E-state index in [9.17, 15) is 9.90 Å². The minimum atomic E-state index is -0.811. The lowest BCUT2D eigenvalue weighted by atomic mass is 9.95. The maximum absolute atomic E-state index is 12.2. The lowest BCUT2D eigenvalue weighted by Crippen LogP contribution is -2.44. The molecule has 3 N–H and O–H groups in total. The molecule has 0 radical (unpaired) electrons. The van der Waals surface area contributed by atoms with Crippen molar-refractivity contribution in [3.05, 3.63) is 53.3 Å². The number of carbonyl (C=O) groups excluding carboxylic acids is 1. The highest BCUT2D eigenvalue weighted by molar-refractivity contribution is 6.32.